The molecule has 2 aromatic rings. The SMILES string of the molecule is CCCn1cc(C(=O)c2sccc2Br)cn1. The standard InChI is InChI=1S/C11H11BrN2OS/c1-2-4-14-7-8(6-13-14)10(15)11-9(12)3-5-16-11/h3,5-7H,2,4H2,1H3. The molecule has 0 saturated carbocycles. The predicted octanol–water partition coefficient (Wildman–Crippen LogP) is 3.35. The summed E-state index contributed by atoms with van der Waals surface area (Å²) in [6, 6.07) is 1.88. The van der Waals surface area contributed by atoms with Crippen molar-refractivity contribution in [2.75, 3.05) is 0 Å². The number of rotatable bonds is 4. The lowest BCUT2D eigenvalue weighted by Crippen LogP contribution is -1.99. The van der Waals surface area contributed by atoms with Crippen molar-refractivity contribution in [1.82, 2.24) is 9.78 Å². The van der Waals surface area contributed by atoms with E-state index < -0.39 is 0 Å². The second kappa shape index (κ2) is 4.93. The molecule has 0 N–H and O–H groups in total. The smallest absolute Gasteiger partial charge is 0.207 e. The Morgan fingerprint density at radius 2 is 2.44 bits per heavy atom. The fourth-order valence-electron chi connectivity index (χ4n) is 1.42. The van der Waals surface area contributed by atoms with Gasteiger partial charge in [0.1, 0.15) is 0 Å². The van der Waals surface area contributed by atoms with E-state index in [0.717, 1.165) is 22.3 Å². The molecule has 0 amide bonds. The van der Waals surface area contributed by atoms with E-state index in [-0.39, 0.29) is 5.78 Å². The average Bonchev–Trinajstić information content (AvgIpc) is 2.87. The number of hydrogen-bond donors (Lipinski definition) is 0. The van der Waals surface area contributed by atoms with Crippen LogP contribution in [-0.4, -0.2) is 15.6 Å². The first-order chi connectivity index (χ1) is 7.72. The lowest BCUT2D eigenvalue weighted by atomic mass is 10.2. The molecule has 0 aliphatic rings. The largest absolute Gasteiger partial charge is 0.288 e. The summed E-state index contributed by atoms with van der Waals surface area (Å²) in [5.74, 6) is 0.0317. The average molecular weight is 299 g/mol. The van der Waals surface area contributed by atoms with Gasteiger partial charge in [-0.2, -0.15) is 5.10 Å². The van der Waals surface area contributed by atoms with Crippen LogP contribution in [-0.2, 0) is 6.54 Å². The molecule has 0 radical (unpaired) electrons. The number of carbonyl (C=O) groups is 1. The van der Waals surface area contributed by atoms with Gasteiger partial charge in [0.15, 0.2) is 0 Å². The molecule has 0 bridgehead atoms. The van der Waals surface area contributed by atoms with Gasteiger partial charge in [-0.25, -0.2) is 0 Å². The van der Waals surface area contributed by atoms with Crippen LogP contribution in [0.3, 0.4) is 0 Å². The maximum Gasteiger partial charge on any atom is 0.207 e. The van der Waals surface area contributed by atoms with Crippen LogP contribution in [0.2, 0.25) is 0 Å². The normalized spacial score (nSPS) is 10.6. The van der Waals surface area contributed by atoms with Gasteiger partial charge < -0.3 is 0 Å². The third-order valence-corrected chi connectivity index (χ3v) is 4.01. The molecule has 2 rings (SSSR count). The Balaban J connectivity index is 2.24. The van der Waals surface area contributed by atoms with Gasteiger partial charge in [-0.05, 0) is 33.8 Å². The van der Waals surface area contributed by atoms with E-state index in [1.807, 2.05) is 11.4 Å². The lowest BCUT2D eigenvalue weighted by molar-refractivity contribution is 0.104. The minimum Gasteiger partial charge on any atom is -0.288 e. The van der Waals surface area contributed by atoms with Crippen molar-refractivity contribution in [1.29, 1.82) is 0 Å². The van der Waals surface area contributed by atoms with Crippen molar-refractivity contribution in [2.24, 2.45) is 0 Å². The number of ketones is 1. The van der Waals surface area contributed by atoms with Crippen LogP contribution in [0.5, 0.6) is 0 Å². The van der Waals surface area contributed by atoms with Gasteiger partial charge in [0.25, 0.3) is 0 Å². The first-order valence-electron chi connectivity index (χ1n) is 5.02. The Hall–Kier alpha value is -0.940. The van der Waals surface area contributed by atoms with Crippen molar-refractivity contribution in [3.8, 4) is 0 Å². The van der Waals surface area contributed by atoms with Gasteiger partial charge in [0.2, 0.25) is 5.78 Å². The van der Waals surface area contributed by atoms with E-state index in [9.17, 15) is 4.79 Å². The zero-order chi connectivity index (χ0) is 11.5. The topological polar surface area (TPSA) is 34.9 Å². The number of hydrogen-bond acceptors (Lipinski definition) is 3. The maximum atomic E-state index is 12.1. The highest BCUT2D eigenvalue weighted by atomic mass is 79.9. The fourth-order valence-corrected chi connectivity index (χ4v) is 2.93. The molecule has 2 aromatic heterocycles. The fraction of sp³-hybridized carbons (Fsp3) is 0.273. The number of thiophene rings is 1. The maximum absolute atomic E-state index is 12.1. The van der Waals surface area contributed by atoms with Crippen molar-refractivity contribution < 1.29 is 4.79 Å². The molecule has 16 heavy (non-hydrogen) atoms. The third-order valence-electron chi connectivity index (χ3n) is 2.17. The van der Waals surface area contributed by atoms with Crippen LogP contribution in [0.15, 0.2) is 28.3 Å². The van der Waals surface area contributed by atoms with Gasteiger partial charge >= 0.3 is 0 Å². The highest BCUT2D eigenvalue weighted by Gasteiger charge is 2.15. The zero-order valence-corrected chi connectivity index (χ0v) is 11.2. The minimum atomic E-state index is 0.0317. The summed E-state index contributed by atoms with van der Waals surface area (Å²) < 4.78 is 2.65. The van der Waals surface area contributed by atoms with E-state index in [1.165, 1.54) is 11.3 Å². The summed E-state index contributed by atoms with van der Waals surface area (Å²) in [5, 5.41) is 6.05. The Labute approximate surface area is 106 Å². The molecular formula is C11H11BrN2OS. The second-order valence-electron chi connectivity index (χ2n) is 3.42. The van der Waals surface area contributed by atoms with E-state index in [1.54, 1.807) is 17.1 Å². The third kappa shape index (κ3) is 2.25. The monoisotopic (exact) mass is 298 g/mol. The molecule has 0 aromatic carbocycles. The number of aromatic nitrogens is 2. The summed E-state index contributed by atoms with van der Waals surface area (Å²) in [6.07, 6.45) is 4.44. The molecule has 5 heteroatoms. The van der Waals surface area contributed by atoms with Gasteiger partial charge in [-0.1, -0.05) is 6.92 Å². The lowest BCUT2D eigenvalue weighted by Gasteiger charge is -1.96. The van der Waals surface area contributed by atoms with Crippen LogP contribution >= 0.6 is 27.3 Å². The Morgan fingerprint density at radius 1 is 1.62 bits per heavy atom. The highest BCUT2D eigenvalue weighted by molar-refractivity contribution is 9.10. The van der Waals surface area contributed by atoms with E-state index in [2.05, 4.69) is 28.0 Å². The zero-order valence-electron chi connectivity index (χ0n) is 8.81. The molecule has 0 unspecified atom stereocenters. The summed E-state index contributed by atoms with van der Waals surface area (Å²) in [4.78, 5) is 12.8. The first-order valence-corrected chi connectivity index (χ1v) is 6.69. The molecule has 0 saturated heterocycles. The van der Waals surface area contributed by atoms with Crippen molar-refractivity contribution in [3.05, 3.63) is 38.8 Å². The first kappa shape index (κ1) is 11.5. The second-order valence-corrected chi connectivity index (χ2v) is 5.19. The summed E-state index contributed by atoms with van der Waals surface area (Å²) >= 11 is 4.81. The van der Waals surface area contributed by atoms with Crippen molar-refractivity contribution in [2.45, 2.75) is 19.9 Å². The summed E-state index contributed by atoms with van der Waals surface area (Å²) in [5.41, 5.74) is 0.650. The number of carbonyl (C=O) groups excluding carboxylic acids is 1. The van der Waals surface area contributed by atoms with E-state index >= 15 is 0 Å². The van der Waals surface area contributed by atoms with Crippen LogP contribution in [0.1, 0.15) is 28.6 Å². The van der Waals surface area contributed by atoms with E-state index in [0.29, 0.717) is 5.56 Å². The van der Waals surface area contributed by atoms with Gasteiger partial charge in [-0.15, -0.1) is 11.3 Å². The predicted molar refractivity (Wildman–Crippen MR) is 68.0 cm³/mol. The summed E-state index contributed by atoms with van der Waals surface area (Å²) in [6.45, 7) is 2.93. The molecule has 0 atom stereocenters. The van der Waals surface area contributed by atoms with Gasteiger partial charge in [-0.3, -0.25) is 9.48 Å². The molecular weight excluding hydrogens is 288 g/mol. The minimum absolute atomic E-state index is 0.0317. The molecule has 0 aliphatic carbocycles. The highest BCUT2D eigenvalue weighted by Crippen LogP contribution is 2.25. The van der Waals surface area contributed by atoms with Crippen LogP contribution in [0, 0.1) is 0 Å². The molecule has 84 valence electrons. The number of halogens is 1. The van der Waals surface area contributed by atoms with Crippen molar-refractivity contribution in [3.63, 3.8) is 0 Å². The van der Waals surface area contributed by atoms with Crippen molar-refractivity contribution >= 4 is 33.0 Å². The summed E-state index contributed by atoms with van der Waals surface area (Å²) in [7, 11) is 0. The molecule has 0 spiro atoms. The van der Waals surface area contributed by atoms with Crippen LogP contribution < -0.4 is 0 Å². The number of aryl methyl sites for hydroxylation is 1. The number of nitrogens with zero attached hydrogens (tertiary/aromatic N) is 2. The Morgan fingerprint density at radius 3 is 3.06 bits per heavy atom. The Bertz CT molecular complexity index is 504. The molecule has 3 nitrogen and oxygen atoms in total. The quantitative estimate of drug-likeness (QED) is 0.812. The van der Waals surface area contributed by atoms with Gasteiger partial charge in [0.05, 0.1) is 16.6 Å². The van der Waals surface area contributed by atoms with Crippen LogP contribution in [0.25, 0.3) is 0 Å². The van der Waals surface area contributed by atoms with E-state index in [4.69, 9.17) is 0 Å². The molecule has 0 fully saturated rings. The Kier molecular flexibility index (Phi) is 3.56. The van der Waals surface area contributed by atoms with Gasteiger partial charge in [0, 0.05) is 17.2 Å². The molecule has 0 aliphatic heterocycles. The molecule has 2 heterocycles. The van der Waals surface area contributed by atoms with Crippen LogP contribution in [0.4, 0.5) is 0 Å².